The Morgan fingerprint density at radius 2 is 1.78 bits per heavy atom. The molecule has 1 fully saturated rings. The van der Waals surface area contributed by atoms with Gasteiger partial charge in [-0.05, 0) is 26.7 Å². The number of hydrogen-bond acceptors (Lipinski definition) is 2. The second-order valence-electron chi connectivity index (χ2n) is 5.21. The topological polar surface area (TPSA) is 40.6 Å². The van der Waals surface area contributed by atoms with E-state index in [9.17, 15) is 8.42 Å². The van der Waals surface area contributed by atoms with Gasteiger partial charge in [-0.1, -0.05) is 35.2 Å². The fourth-order valence-electron chi connectivity index (χ4n) is 2.37. The predicted molar refractivity (Wildman–Crippen MR) is 79.2 cm³/mol. The number of alkyl halides is 1. The van der Waals surface area contributed by atoms with Crippen molar-refractivity contribution in [2.45, 2.75) is 58.0 Å². The summed E-state index contributed by atoms with van der Waals surface area (Å²) >= 11 is 3.37. The molecule has 1 aliphatic carbocycles. The Morgan fingerprint density at radius 3 is 2.22 bits per heavy atom. The van der Waals surface area contributed by atoms with Crippen LogP contribution in [0.2, 0.25) is 0 Å². The molecule has 0 bridgehead atoms. The van der Waals surface area contributed by atoms with Gasteiger partial charge in [0.1, 0.15) is 0 Å². The molecule has 0 aliphatic heterocycles. The summed E-state index contributed by atoms with van der Waals surface area (Å²) in [6.45, 7) is 4.37. The summed E-state index contributed by atoms with van der Waals surface area (Å²) in [6, 6.07) is 0.180. The standard InChI is InChI=1S/C12H25BrN2O2S/c1-11(2)14(3)18(16,17)15(10-9-13)12-7-5-4-6-8-12/h11-12H,4-10H2,1-3H3. The minimum absolute atomic E-state index is 0.00332. The van der Waals surface area contributed by atoms with Gasteiger partial charge < -0.3 is 0 Å². The van der Waals surface area contributed by atoms with Crippen molar-refractivity contribution in [3.05, 3.63) is 0 Å². The zero-order valence-corrected chi connectivity index (χ0v) is 14.0. The highest BCUT2D eigenvalue weighted by Crippen LogP contribution is 2.26. The fourth-order valence-corrected chi connectivity index (χ4v) is 4.76. The number of halogens is 1. The SMILES string of the molecule is CC(C)N(C)S(=O)(=O)N(CCBr)C1CCCCC1. The molecule has 6 heteroatoms. The zero-order chi connectivity index (χ0) is 13.8. The molecule has 1 aliphatic rings. The molecular weight excluding hydrogens is 316 g/mol. The quantitative estimate of drug-likeness (QED) is 0.697. The van der Waals surface area contributed by atoms with E-state index in [1.165, 1.54) is 10.7 Å². The average Bonchev–Trinajstić information content (AvgIpc) is 2.35. The second kappa shape index (κ2) is 7.22. The van der Waals surface area contributed by atoms with Gasteiger partial charge in [0.25, 0.3) is 10.2 Å². The van der Waals surface area contributed by atoms with Crippen LogP contribution in [0.5, 0.6) is 0 Å². The number of hydrogen-bond donors (Lipinski definition) is 0. The van der Waals surface area contributed by atoms with E-state index in [4.69, 9.17) is 0 Å². The highest BCUT2D eigenvalue weighted by atomic mass is 79.9. The molecular formula is C12H25BrN2O2S. The Hall–Kier alpha value is 0.350. The summed E-state index contributed by atoms with van der Waals surface area (Å²) in [5.74, 6) is 0. The predicted octanol–water partition coefficient (Wildman–Crippen LogP) is 2.60. The van der Waals surface area contributed by atoms with Gasteiger partial charge >= 0.3 is 0 Å². The van der Waals surface area contributed by atoms with Gasteiger partial charge in [-0.15, -0.1) is 0 Å². The Morgan fingerprint density at radius 1 is 1.22 bits per heavy atom. The molecule has 0 spiro atoms. The van der Waals surface area contributed by atoms with E-state index in [-0.39, 0.29) is 12.1 Å². The molecule has 18 heavy (non-hydrogen) atoms. The summed E-state index contributed by atoms with van der Waals surface area (Å²) in [5, 5.41) is 0.689. The second-order valence-corrected chi connectivity index (χ2v) is 7.94. The van der Waals surface area contributed by atoms with E-state index < -0.39 is 10.2 Å². The lowest BCUT2D eigenvalue weighted by molar-refractivity contribution is 0.241. The van der Waals surface area contributed by atoms with Crippen LogP contribution in [0, 0.1) is 0 Å². The van der Waals surface area contributed by atoms with Gasteiger partial charge in [0.15, 0.2) is 0 Å². The molecule has 0 aromatic rings. The molecule has 0 heterocycles. The van der Waals surface area contributed by atoms with E-state index in [0.717, 1.165) is 25.7 Å². The largest absolute Gasteiger partial charge is 0.282 e. The average molecular weight is 341 g/mol. The third kappa shape index (κ3) is 3.92. The van der Waals surface area contributed by atoms with E-state index in [2.05, 4.69) is 15.9 Å². The smallest absolute Gasteiger partial charge is 0.195 e. The Balaban J connectivity index is 2.88. The van der Waals surface area contributed by atoms with E-state index in [1.54, 1.807) is 11.4 Å². The fraction of sp³-hybridized carbons (Fsp3) is 1.00. The Bertz CT molecular complexity index is 340. The number of nitrogens with zero attached hydrogens (tertiary/aromatic N) is 2. The maximum Gasteiger partial charge on any atom is 0.282 e. The molecule has 0 radical (unpaired) electrons. The van der Waals surface area contributed by atoms with Crippen LogP contribution in [0.1, 0.15) is 46.0 Å². The molecule has 108 valence electrons. The summed E-state index contributed by atoms with van der Waals surface area (Å²) in [5.41, 5.74) is 0. The normalized spacial score (nSPS) is 19.1. The maximum atomic E-state index is 12.6. The highest BCUT2D eigenvalue weighted by Gasteiger charge is 2.34. The first-order chi connectivity index (χ1) is 8.41. The minimum Gasteiger partial charge on any atom is -0.195 e. The van der Waals surface area contributed by atoms with Crippen LogP contribution in [0.25, 0.3) is 0 Å². The van der Waals surface area contributed by atoms with Crippen molar-refractivity contribution in [1.29, 1.82) is 0 Å². The van der Waals surface area contributed by atoms with Crippen molar-refractivity contribution in [1.82, 2.24) is 8.61 Å². The van der Waals surface area contributed by atoms with Crippen LogP contribution in [-0.2, 0) is 10.2 Å². The maximum absolute atomic E-state index is 12.6. The van der Waals surface area contributed by atoms with E-state index >= 15 is 0 Å². The Labute approximate surface area is 120 Å². The molecule has 1 rings (SSSR count). The van der Waals surface area contributed by atoms with Crippen molar-refractivity contribution in [3.63, 3.8) is 0 Å². The lowest BCUT2D eigenvalue weighted by atomic mass is 9.95. The van der Waals surface area contributed by atoms with Crippen LogP contribution in [0.3, 0.4) is 0 Å². The molecule has 0 unspecified atom stereocenters. The first-order valence-corrected chi connectivity index (χ1v) is 9.24. The molecule has 0 amide bonds. The first kappa shape index (κ1) is 16.4. The van der Waals surface area contributed by atoms with Crippen LogP contribution in [0.4, 0.5) is 0 Å². The van der Waals surface area contributed by atoms with Gasteiger partial charge in [-0.3, -0.25) is 0 Å². The van der Waals surface area contributed by atoms with Crippen molar-refractivity contribution in [2.24, 2.45) is 0 Å². The molecule has 0 saturated heterocycles. The van der Waals surface area contributed by atoms with Gasteiger partial charge in [-0.2, -0.15) is 17.0 Å². The lowest BCUT2D eigenvalue weighted by Crippen LogP contribution is -2.50. The summed E-state index contributed by atoms with van der Waals surface area (Å²) < 4.78 is 28.4. The van der Waals surface area contributed by atoms with Crippen molar-refractivity contribution in [2.75, 3.05) is 18.9 Å². The van der Waals surface area contributed by atoms with Crippen LogP contribution in [0.15, 0.2) is 0 Å². The molecule has 1 saturated carbocycles. The molecule has 4 nitrogen and oxygen atoms in total. The van der Waals surface area contributed by atoms with Gasteiger partial charge in [0.2, 0.25) is 0 Å². The van der Waals surface area contributed by atoms with Crippen molar-refractivity contribution < 1.29 is 8.42 Å². The monoisotopic (exact) mass is 340 g/mol. The third-order valence-electron chi connectivity index (χ3n) is 3.67. The molecule has 0 atom stereocenters. The van der Waals surface area contributed by atoms with Crippen LogP contribution >= 0.6 is 15.9 Å². The third-order valence-corrected chi connectivity index (χ3v) is 6.25. The van der Waals surface area contributed by atoms with Gasteiger partial charge in [0.05, 0.1) is 0 Å². The van der Waals surface area contributed by atoms with Crippen LogP contribution < -0.4 is 0 Å². The molecule has 0 aromatic carbocycles. The minimum atomic E-state index is -3.33. The van der Waals surface area contributed by atoms with Crippen molar-refractivity contribution >= 4 is 26.1 Å². The summed E-state index contributed by atoms with van der Waals surface area (Å²) in [4.78, 5) is 0. The van der Waals surface area contributed by atoms with Crippen LogP contribution in [-0.4, -0.2) is 48.0 Å². The Kier molecular flexibility index (Phi) is 6.58. The van der Waals surface area contributed by atoms with Crippen molar-refractivity contribution in [3.8, 4) is 0 Å². The lowest BCUT2D eigenvalue weighted by Gasteiger charge is -2.36. The summed E-state index contributed by atoms with van der Waals surface area (Å²) in [7, 11) is -1.65. The van der Waals surface area contributed by atoms with E-state index in [0.29, 0.717) is 11.9 Å². The van der Waals surface area contributed by atoms with Gasteiger partial charge in [-0.25, -0.2) is 0 Å². The number of rotatable bonds is 6. The van der Waals surface area contributed by atoms with E-state index in [1.807, 2.05) is 13.8 Å². The summed E-state index contributed by atoms with van der Waals surface area (Å²) in [6.07, 6.45) is 5.52. The highest BCUT2D eigenvalue weighted by molar-refractivity contribution is 9.09. The first-order valence-electron chi connectivity index (χ1n) is 6.72. The molecule has 0 aromatic heterocycles. The van der Waals surface area contributed by atoms with Gasteiger partial charge in [0, 0.05) is 31.0 Å². The molecule has 0 N–H and O–H groups in total. The zero-order valence-electron chi connectivity index (χ0n) is 11.6.